The van der Waals surface area contributed by atoms with Crippen LogP contribution in [0.4, 0.5) is 0 Å². The van der Waals surface area contributed by atoms with Gasteiger partial charge in [-0.3, -0.25) is 9.59 Å². The summed E-state index contributed by atoms with van der Waals surface area (Å²) in [5.74, 6) is 0.474. The number of furan rings is 1. The minimum Gasteiger partial charge on any atom is -0.467 e. The zero-order valence-corrected chi connectivity index (χ0v) is 15.0. The van der Waals surface area contributed by atoms with E-state index in [-0.39, 0.29) is 24.1 Å². The van der Waals surface area contributed by atoms with Crippen LogP contribution < -0.4 is 5.32 Å². The molecule has 0 aliphatic carbocycles. The average Bonchev–Trinajstić information content (AvgIpc) is 3.18. The van der Waals surface area contributed by atoms with Gasteiger partial charge in [0.25, 0.3) is 0 Å². The van der Waals surface area contributed by atoms with Crippen LogP contribution >= 0.6 is 11.8 Å². The molecule has 134 valence electrons. The van der Waals surface area contributed by atoms with E-state index < -0.39 is 0 Å². The summed E-state index contributed by atoms with van der Waals surface area (Å²) >= 11 is 1.34. The summed E-state index contributed by atoms with van der Waals surface area (Å²) in [5, 5.41) is 4.37. The van der Waals surface area contributed by atoms with E-state index in [4.69, 9.17) is 4.42 Å². The van der Waals surface area contributed by atoms with Gasteiger partial charge in [-0.2, -0.15) is 0 Å². The number of hydrogen-bond acceptors (Lipinski definition) is 6. The van der Waals surface area contributed by atoms with Gasteiger partial charge in [0.05, 0.1) is 30.6 Å². The lowest BCUT2D eigenvalue weighted by molar-refractivity contribution is -0.132. The van der Waals surface area contributed by atoms with Crippen molar-refractivity contribution < 1.29 is 14.0 Å². The number of likely N-dealkylation sites (N-methyl/N-ethyl adjacent to an activating group) is 1. The third kappa shape index (κ3) is 4.60. The van der Waals surface area contributed by atoms with Gasteiger partial charge in [-0.25, -0.2) is 9.97 Å². The zero-order valence-electron chi connectivity index (χ0n) is 14.2. The Kier molecular flexibility index (Phi) is 5.85. The van der Waals surface area contributed by atoms with Crippen LogP contribution in [0, 0.1) is 0 Å². The first kappa shape index (κ1) is 17.9. The average molecular weight is 370 g/mol. The Labute approximate surface area is 154 Å². The Balaban J connectivity index is 1.50. The Morgan fingerprint density at radius 1 is 1.19 bits per heavy atom. The van der Waals surface area contributed by atoms with E-state index in [0.29, 0.717) is 12.3 Å². The maximum atomic E-state index is 12.3. The van der Waals surface area contributed by atoms with Crippen molar-refractivity contribution in [3.05, 3.63) is 54.7 Å². The van der Waals surface area contributed by atoms with Crippen molar-refractivity contribution in [2.45, 2.75) is 11.6 Å². The number of fused-ring (bicyclic) bond motifs is 1. The molecule has 2 amide bonds. The van der Waals surface area contributed by atoms with Gasteiger partial charge in [0, 0.05) is 12.4 Å². The van der Waals surface area contributed by atoms with E-state index in [9.17, 15) is 9.59 Å². The second-order valence-corrected chi connectivity index (χ2v) is 6.55. The van der Waals surface area contributed by atoms with Crippen LogP contribution in [-0.4, -0.2) is 46.0 Å². The van der Waals surface area contributed by atoms with Gasteiger partial charge in [-0.05, 0) is 18.2 Å². The quantitative estimate of drug-likeness (QED) is 0.506. The highest BCUT2D eigenvalue weighted by Crippen LogP contribution is 2.24. The van der Waals surface area contributed by atoms with Crippen LogP contribution in [0.2, 0.25) is 0 Å². The number of amides is 2. The molecule has 3 aromatic rings. The number of hydrogen-bond donors (Lipinski definition) is 1. The molecule has 0 fully saturated rings. The summed E-state index contributed by atoms with van der Waals surface area (Å²) in [6.45, 7) is 0.292. The number of rotatable bonds is 7. The number of carbonyl (C=O) groups excluding carboxylic acids is 2. The molecule has 26 heavy (non-hydrogen) atoms. The first-order chi connectivity index (χ1) is 12.6. The highest BCUT2D eigenvalue weighted by Gasteiger charge is 2.14. The fourth-order valence-corrected chi connectivity index (χ4v) is 3.22. The van der Waals surface area contributed by atoms with E-state index in [0.717, 1.165) is 15.9 Å². The summed E-state index contributed by atoms with van der Waals surface area (Å²) < 4.78 is 5.15. The van der Waals surface area contributed by atoms with Crippen LogP contribution in [0.15, 0.2) is 58.4 Å². The lowest BCUT2D eigenvalue weighted by Gasteiger charge is -2.16. The van der Waals surface area contributed by atoms with Gasteiger partial charge in [0.15, 0.2) is 0 Å². The number of carbonyl (C=O) groups is 2. The number of para-hydroxylation sites is 1. The van der Waals surface area contributed by atoms with E-state index in [1.54, 1.807) is 25.4 Å². The summed E-state index contributed by atoms with van der Waals surface area (Å²) in [5.41, 5.74) is 0.836. The maximum Gasteiger partial charge on any atom is 0.239 e. The van der Waals surface area contributed by atoms with Gasteiger partial charge in [-0.1, -0.05) is 30.0 Å². The van der Waals surface area contributed by atoms with Crippen molar-refractivity contribution in [2.75, 3.05) is 19.3 Å². The predicted octanol–water partition coefficient (Wildman–Crippen LogP) is 2.09. The first-order valence-corrected chi connectivity index (χ1v) is 8.97. The Bertz CT molecular complexity index is 893. The standard InChI is InChI=1S/C18H18N4O3S/c1-22(10-16(23)19-9-13-5-4-8-25-13)17(24)11-26-18-14-6-2-3-7-15(14)20-12-21-18/h2-8,12H,9-11H2,1H3,(H,19,23). The molecule has 0 unspecified atom stereocenters. The smallest absolute Gasteiger partial charge is 0.239 e. The third-order valence-electron chi connectivity index (χ3n) is 3.69. The number of thioether (sulfide) groups is 1. The molecule has 0 saturated carbocycles. The molecule has 0 aliphatic heterocycles. The van der Waals surface area contributed by atoms with E-state index in [2.05, 4.69) is 15.3 Å². The van der Waals surface area contributed by atoms with Crippen molar-refractivity contribution in [3.8, 4) is 0 Å². The van der Waals surface area contributed by atoms with Crippen LogP contribution in [0.1, 0.15) is 5.76 Å². The Morgan fingerprint density at radius 3 is 2.85 bits per heavy atom. The molecule has 2 aromatic heterocycles. The summed E-state index contributed by atoms with van der Waals surface area (Å²) in [6, 6.07) is 11.2. The molecule has 0 spiro atoms. The molecule has 3 rings (SSSR count). The van der Waals surface area contributed by atoms with Gasteiger partial charge in [-0.15, -0.1) is 0 Å². The fourth-order valence-electron chi connectivity index (χ4n) is 2.29. The number of nitrogens with zero attached hydrogens (tertiary/aromatic N) is 3. The number of aromatic nitrogens is 2. The first-order valence-electron chi connectivity index (χ1n) is 7.99. The zero-order chi connectivity index (χ0) is 18.4. The van der Waals surface area contributed by atoms with E-state index in [1.165, 1.54) is 23.0 Å². The second kappa shape index (κ2) is 8.48. The lowest BCUT2D eigenvalue weighted by Crippen LogP contribution is -2.38. The van der Waals surface area contributed by atoms with Gasteiger partial charge < -0.3 is 14.6 Å². The van der Waals surface area contributed by atoms with Crippen LogP contribution in [-0.2, 0) is 16.1 Å². The number of benzene rings is 1. The molecule has 1 aromatic carbocycles. The highest BCUT2D eigenvalue weighted by atomic mass is 32.2. The summed E-state index contributed by atoms with van der Waals surface area (Å²) in [6.07, 6.45) is 3.03. The number of nitrogens with one attached hydrogen (secondary N) is 1. The van der Waals surface area contributed by atoms with Crippen LogP contribution in [0.5, 0.6) is 0 Å². The van der Waals surface area contributed by atoms with Crippen LogP contribution in [0.3, 0.4) is 0 Å². The molecule has 0 bridgehead atoms. The minimum atomic E-state index is -0.241. The van der Waals surface area contributed by atoms with E-state index >= 15 is 0 Å². The molecule has 0 radical (unpaired) electrons. The molecular formula is C18H18N4O3S. The Hall–Kier alpha value is -2.87. The molecular weight excluding hydrogens is 352 g/mol. The van der Waals surface area contributed by atoms with Crippen LogP contribution in [0.25, 0.3) is 10.9 Å². The van der Waals surface area contributed by atoms with Gasteiger partial charge in [0.1, 0.15) is 17.1 Å². The van der Waals surface area contributed by atoms with Crippen molar-refractivity contribution >= 4 is 34.5 Å². The third-order valence-corrected chi connectivity index (χ3v) is 4.68. The molecule has 2 heterocycles. The monoisotopic (exact) mass is 370 g/mol. The molecule has 0 atom stereocenters. The maximum absolute atomic E-state index is 12.3. The minimum absolute atomic E-state index is 0.00930. The molecule has 7 nitrogen and oxygen atoms in total. The van der Waals surface area contributed by atoms with Crippen molar-refractivity contribution in [1.82, 2.24) is 20.2 Å². The lowest BCUT2D eigenvalue weighted by atomic mass is 10.2. The molecule has 0 aliphatic rings. The second-order valence-electron chi connectivity index (χ2n) is 5.59. The molecule has 8 heteroatoms. The van der Waals surface area contributed by atoms with Gasteiger partial charge in [0.2, 0.25) is 11.8 Å². The largest absolute Gasteiger partial charge is 0.467 e. The van der Waals surface area contributed by atoms with Gasteiger partial charge >= 0.3 is 0 Å². The SMILES string of the molecule is CN(CC(=O)NCc1ccco1)C(=O)CSc1ncnc2ccccc12. The highest BCUT2D eigenvalue weighted by molar-refractivity contribution is 8.00. The molecule has 0 saturated heterocycles. The van der Waals surface area contributed by atoms with Crippen molar-refractivity contribution in [3.63, 3.8) is 0 Å². The van der Waals surface area contributed by atoms with Crippen molar-refractivity contribution in [1.29, 1.82) is 0 Å². The summed E-state index contributed by atoms with van der Waals surface area (Å²) in [4.78, 5) is 34.1. The van der Waals surface area contributed by atoms with E-state index in [1.807, 2.05) is 24.3 Å². The predicted molar refractivity (Wildman–Crippen MR) is 98.5 cm³/mol. The molecule has 1 N–H and O–H groups in total. The van der Waals surface area contributed by atoms with Crippen molar-refractivity contribution in [2.24, 2.45) is 0 Å². The topological polar surface area (TPSA) is 88.3 Å². The fraction of sp³-hybridized carbons (Fsp3) is 0.222. The normalized spacial score (nSPS) is 10.7. The Morgan fingerprint density at radius 2 is 2.04 bits per heavy atom. The summed E-state index contributed by atoms with van der Waals surface area (Å²) in [7, 11) is 1.60.